The van der Waals surface area contributed by atoms with Crippen molar-refractivity contribution < 1.29 is 0 Å². The molecule has 0 radical (unpaired) electrons. The van der Waals surface area contributed by atoms with E-state index in [0.29, 0.717) is 11.6 Å². The minimum absolute atomic E-state index is 0.158. The third kappa shape index (κ3) is 5.04. The highest BCUT2D eigenvalue weighted by atomic mass is 35.5. The number of hydrogen-bond acceptors (Lipinski definition) is 3. The lowest BCUT2D eigenvalue weighted by molar-refractivity contribution is 1.07. The smallest absolute Gasteiger partial charge is 0.208 e. The number of benzene rings is 7. The molecule has 8 aromatic rings. The van der Waals surface area contributed by atoms with Crippen LogP contribution >= 0.6 is 11.6 Å². The number of rotatable bonds is 5. The molecular weight excluding hydrogens is 570 g/mol. The van der Waals surface area contributed by atoms with Gasteiger partial charge < -0.3 is 0 Å². The van der Waals surface area contributed by atoms with E-state index in [1.54, 1.807) is 0 Å². The third-order valence-corrected chi connectivity index (χ3v) is 8.47. The lowest BCUT2D eigenvalue weighted by atomic mass is 9.91. The minimum Gasteiger partial charge on any atom is -0.208 e. The summed E-state index contributed by atoms with van der Waals surface area (Å²) in [6.45, 7) is 0. The second kappa shape index (κ2) is 11.5. The molecule has 3 nitrogen and oxygen atoms in total. The van der Waals surface area contributed by atoms with Crippen LogP contribution in [0.4, 0.5) is 0 Å². The van der Waals surface area contributed by atoms with Gasteiger partial charge in [0.25, 0.3) is 0 Å². The van der Waals surface area contributed by atoms with Crippen LogP contribution in [0.2, 0.25) is 5.28 Å². The molecule has 0 unspecified atom stereocenters. The molecule has 1 aromatic heterocycles. The van der Waals surface area contributed by atoms with Crippen LogP contribution < -0.4 is 0 Å². The van der Waals surface area contributed by atoms with Crippen molar-refractivity contribution in [3.63, 3.8) is 0 Å². The Morgan fingerprint density at radius 1 is 0.333 bits per heavy atom. The molecule has 212 valence electrons. The van der Waals surface area contributed by atoms with Crippen LogP contribution in [0, 0.1) is 0 Å². The molecule has 0 saturated heterocycles. The van der Waals surface area contributed by atoms with Gasteiger partial charge in [0.15, 0.2) is 11.6 Å². The predicted molar refractivity (Wildman–Crippen MR) is 187 cm³/mol. The molecule has 0 atom stereocenters. The molecule has 45 heavy (non-hydrogen) atoms. The van der Waals surface area contributed by atoms with E-state index >= 15 is 0 Å². The van der Waals surface area contributed by atoms with E-state index < -0.39 is 0 Å². The molecule has 0 fully saturated rings. The van der Waals surface area contributed by atoms with E-state index in [2.05, 4.69) is 131 Å². The Kier molecular flexibility index (Phi) is 6.86. The first-order chi connectivity index (χ1) is 22.2. The van der Waals surface area contributed by atoms with Crippen LogP contribution in [0.15, 0.2) is 158 Å². The van der Waals surface area contributed by atoms with Crippen LogP contribution in [-0.4, -0.2) is 15.0 Å². The zero-order valence-corrected chi connectivity index (χ0v) is 25.0. The van der Waals surface area contributed by atoms with Gasteiger partial charge in [0.2, 0.25) is 5.28 Å². The molecule has 4 heteroatoms. The third-order valence-electron chi connectivity index (χ3n) is 8.30. The SMILES string of the molecule is Clc1nc(-c2cccc(-c3ccc(-c4ccccc4)c4ccccc34)c2)nc(-c2ccccc2-c2cccc3ccccc23)n1. The molecule has 8 rings (SSSR count). The summed E-state index contributed by atoms with van der Waals surface area (Å²) in [6, 6.07) is 54.8. The van der Waals surface area contributed by atoms with Gasteiger partial charge >= 0.3 is 0 Å². The topological polar surface area (TPSA) is 38.7 Å². The second-order valence-corrected chi connectivity index (χ2v) is 11.3. The molecule has 7 aromatic carbocycles. The van der Waals surface area contributed by atoms with Crippen molar-refractivity contribution in [2.24, 2.45) is 0 Å². The quantitative estimate of drug-likeness (QED) is 0.199. The molecule has 0 aliphatic heterocycles. The van der Waals surface area contributed by atoms with E-state index in [9.17, 15) is 0 Å². The van der Waals surface area contributed by atoms with Gasteiger partial charge in [0.05, 0.1) is 0 Å². The number of fused-ring (bicyclic) bond motifs is 2. The van der Waals surface area contributed by atoms with Gasteiger partial charge in [-0.1, -0.05) is 152 Å². The summed E-state index contributed by atoms with van der Waals surface area (Å²) in [6.07, 6.45) is 0. The highest BCUT2D eigenvalue weighted by molar-refractivity contribution is 6.28. The van der Waals surface area contributed by atoms with Crippen molar-refractivity contribution in [3.05, 3.63) is 163 Å². The first-order valence-electron chi connectivity index (χ1n) is 14.9. The summed E-state index contributed by atoms with van der Waals surface area (Å²) in [5.41, 5.74) is 8.58. The number of hydrogen-bond donors (Lipinski definition) is 0. The van der Waals surface area contributed by atoms with E-state index in [4.69, 9.17) is 16.6 Å². The minimum atomic E-state index is 0.158. The summed E-state index contributed by atoms with van der Waals surface area (Å²) < 4.78 is 0. The highest BCUT2D eigenvalue weighted by Crippen LogP contribution is 2.38. The first kappa shape index (κ1) is 26.9. The van der Waals surface area contributed by atoms with Crippen LogP contribution in [0.1, 0.15) is 0 Å². The maximum Gasteiger partial charge on any atom is 0.226 e. The average molecular weight is 596 g/mol. The second-order valence-electron chi connectivity index (χ2n) is 11.0. The lowest BCUT2D eigenvalue weighted by Gasteiger charge is -2.14. The van der Waals surface area contributed by atoms with Crippen molar-refractivity contribution in [1.29, 1.82) is 0 Å². The zero-order chi connectivity index (χ0) is 30.2. The molecule has 0 amide bonds. The van der Waals surface area contributed by atoms with Crippen molar-refractivity contribution in [3.8, 4) is 56.2 Å². The molecule has 0 bridgehead atoms. The summed E-state index contributed by atoms with van der Waals surface area (Å²) in [5.74, 6) is 1.07. The summed E-state index contributed by atoms with van der Waals surface area (Å²) in [4.78, 5) is 14.2. The van der Waals surface area contributed by atoms with Crippen molar-refractivity contribution >= 4 is 33.1 Å². The van der Waals surface area contributed by atoms with Crippen LogP contribution in [0.5, 0.6) is 0 Å². The number of aromatic nitrogens is 3. The van der Waals surface area contributed by atoms with Gasteiger partial charge in [-0.3, -0.25) is 0 Å². The van der Waals surface area contributed by atoms with E-state index in [-0.39, 0.29) is 5.28 Å². The highest BCUT2D eigenvalue weighted by Gasteiger charge is 2.16. The molecular formula is C41H26ClN3. The fourth-order valence-electron chi connectivity index (χ4n) is 6.22. The van der Waals surface area contributed by atoms with Gasteiger partial charge in [-0.2, -0.15) is 9.97 Å². The van der Waals surface area contributed by atoms with E-state index in [0.717, 1.165) is 33.4 Å². The van der Waals surface area contributed by atoms with Crippen molar-refractivity contribution in [2.75, 3.05) is 0 Å². The maximum atomic E-state index is 6.59. The van der Waals surface area contributed by atoms with E-state index in [1.165, 1.54) is 32.7 Å². The predicted octanol–water partition coefficient (Wildman–Crippen LogP) is 11.2. The Balaban J connectivity index is 1.24. The van der Waals surface area contributed by atoms with Gasteiger partial charge in [-0.15, -0.1) is 0 Å². The van der Waals surface area contributed by atoms with Gasteiger partial charge in [-0.25, -0.2) is 4.98 Å². The zero-order valence-electron chi connectivity index (χ0n) is 24.2. The fraction of sp³-hybridized carbons (Fsp3) is 0. The molecule has 0 aliphatic rings. The Morgan fingerprint density at radius 2 is 0.867 bits per heavy atom. The Labute approximate surface area is 266 Å². The Hall–Kier alpha value is -5.64. The molecule has 1 heterocycles. The van der Waals surface area contributed by atoms with Crippen LogP contribution in [-0.2, 0) is 0 Å². The van der Waals surface area contributed by atoms with Gasteiger partial charge in [0, 0.05) is 11.1 Å². The maximum absolute atomic E-state index is 6.59. The standard InChI is InChI=1S/C41H26ClN3/c42-41-44-39(43-40(45-41)38-22-9-8-21-37(38)36-23-11-15-28-14-4-5-18-31(28)36)30-17-10-16-29(26-30)33-25-24-32(27-12-2-1-3-13-27)34-19-6-7-20-35(33)34/h1-26H. The van der Waals surface area contributed by atoms with Gasteiger partial charge in [-0.05, 0) is 72.6 Å². The van der Waals surface area contributed by atoms with Crippen molar-refractivity contribution in [2.45, 2.75) is 0 Å². The van der Waals surface area contributed by atoms with Gasteiger partial charge in [0.1, 0.15) is 0 Å². The van der Waals surface area contributed by atoms with Crippen LogP contribution in [0.25, 0.3) is 77.7 Å². The Morgan fingerprint density at radius 3 is 1.67 bits per heavy atom. The van der Waals surface area contributed by atoms with E-state index in [1.807, 2.05) is 36.4 Å². The lowest BCUT2D eigenvalue weighted by Crippen LogP contribution is -1.99. The van der Waals surface area contributed by atoms with Crippen molar-refractivity contribution in [1.82, 2.24) is 15.0 Å². The Bertz CT molecular complexity index is 2340. The average Bonchev–Trinajstić information content (AvgIpc) is 3.11. The largest absolute Gasteiger partial charge is 0.226 e. The summed E-state index contributed by atoms with van der Waals surface area (Å²) in [7, 11) is 0. The number of nitrogens with zero attached hydrogens (tertiary/aromatic N) is 3. The summed E-state index contributed by atoms with van der Waals surface area (Å²) in [5, 5.41) is 4.91. The molecule has 0 spiro atoms. The number of halogens is 1. The normalized spacial score (nSPS) is 11.2. The first-order valence-corrected chi connectivity index (χ1v) is 15.3. The molecule has 0 aliphatic carbocycles. The summed E-state index contributed by atoms with van der Waals surface area (Å²) >= 11 is 6.59. The molecule has 0 saturated carbocycles. The van der Waals surface area contributed by atoms with Crippen LogP contribution in [0.3, 0.4) is 0 Å². The monoisotopic (exact) mass is 595 g/mol. The fourth-order valence-corrected chi connectivity index (χ4v) is 6.38. The molecule has 0 N–H and O–H groups in total.